The Morgan fingerprint density at radius 3 is 1.96 bits per heavy atom. The van der Waals surface area contributed by atoms with E-state index in [4.69, 9.17) is 29.3 Å². The molecule has 7 heteroatoms. The van der Waals surface area contributed by atoms with Gasteiger partial charge in [-0.1, -0.05) is 48.5 Å². The minimum atomic E-state index is -1.82. The summed E-state index contributed by atoms with van der Waals surface area (Å²) in [6, 6.07) is 20.5. The summed E-state index contributed by atoms with van der Waals surface area (Å²) in [5, 5.41) is 14.8. The molecule has 0 radical (unpaired) electrons. The summed E-state index contributed by atoms with van der Waals surface area (Å²) in [6.07, 6.45) is 0.204. The van der Waals surface area contributed by atoms with Crippen molar-refractivity contribution in [3.8, 4) is 5.75 Å². The van der Waals surface area contributed by atoms with E-state index in [1.165, 1.54) is 5.56 Å². The van der Waals surface area contributed by atoms with E-state index < -0.39 is 11.9 Å². The average Bonchev–Trinajstić information content (AvgIpc) is 3.05. The first kappa shape index (κ1) is 20.4. The number of carbonyl (C=O) groups is 2. The molecule has 0 bridgehead atoms. The lowest BCUT2D eigenvalue weighted by Crippen LogP contribution is -2.31. The Balaban J connectivity index is 0.000000380. The molecule has 2 unspecified atom stereocenters. The summed E-state index contributed by atoms with van der Waals surface area (Å²) >= 11 is 0. The number of carboxylic acids is 2. The molecule has 1 fully saturated rings. The van der Waals surface area contributed by atoms with Crippen LogP contribution in [0.5, 0.6) is 5.75 Å². The highest BCUT2D eigenvalue weighted by molar-refractivity contribution is 6.27. The zero-order chi connectivity index (χ0) is 19.6. The van der Waals surface area contributed by atoms with Crippen molar-refractivity contribution in [1.29, 1.82) is 0 Å². The summed E-state index contributed by atoms with van der Waals surface area (Å²) in [6.45, 7) is 2.74. The third-order valence-corrected chi connectivity index (χ3v) is 4.06. The second-order valence-corrected chi connectivity index (χ2v) is 6.03. The molecule has 0 spiro atoms. The van der Waals surface area contributed by atoms with Gasteiger partial charge in [0.15, 0.2) is 0 Å². The standard InChI is InChI=1S/C18H21NO2.C2H2O4/c1-20-17-13-19(12-15-8-4-2-5-9-15)14-18(17)21-16-10-6-3-7-11-16;3-1(4)2(5)6/h2-11,17-18H,12-14H2,1H3;(H,3,4)(H,5,6). The van der Waals surface area contributed by atoms with Gasteiger partial charge in [-0.2, -0.15) is 0 Å². The van der Waals surface area contributed by atoms with Crippen LogP contribution in [0, 0.1) is 0 Å². The second-order valence-electron chi connectivity index (χ2n) is 6.03. The summed E-state index contributed by atoms with van der Waals surface area (Å²) in [5.41, 5.74) is 1.33. The molecule has 0 amide bonds. The Labute approximate surface area is 157 Å². The summed E-state index contributed by atoms with van der Waals surface area (Å²) in [4.78, 5) is 20.6. The predicted octanol–water partition coefficient (Wildman–Crippen LogP) is 2.12. The van der Waals surface area contributed by atoms with E-state index in [1.54, 1.807) is 7.11 Å². The number of ether oxygens (including phenoxy) is 2. The van der Waals surface area contributed by atoms with Gasteiger partial charge in [-0.05, 0) is 17.7 Å². The molecule has 2 N–H and O–H groups in total. The lowest BCUT2D eigenvalue weighted by atomic mass is 10.2. The van der Waals surface area contributed by atoms with Crippen molar-refractivity contribution < 1.29 is 29.3 Å². The molecular formula is C20H23NO6. The maximum Gasteiger partial charge on any atom is 0.414 e. The van der Waals surface area contributed by atoms with E-state index in [2.05, 4.69) is 29.2 Å². The quantitative estimate of drug-likeness (QED) is 0.775. The largest absolute Gasteiger partial charge is 0.486 e. The number of benzene rings is 2. The molecule has 0 aromatic heterocycles. The van der Waals surface area contributed by atoms with Gasteiger partial charge < -0.3 is 19.7 Å². The SMILES string of the molecule is COC1CN(Cc2ccccc2)CC1Oc1ccccc1.O=C(O)C(=O)O. The van der Waals surface area contributed by atoms with Crippen LogP contribution in [0.4, 0.5) is 0 Å². The summed E-state index contributed by atoms with van der Waals surface area (Å²) < 4.78 is 11.7. The fourth-order valence-electron chi connectivity index (χ4n) is 2.80. The molecule has 144 valence electrons. The topological polar surface area (TPSA) is 96.3 Å². The first-order chi connectivity index (χ1) is 13.0. The highest BCUT2D eigenvalue weighted by Gasteiger charge is 2.34. The smallest absolute Gasteiger partial charge is 0.414 e. The Hall–Kier alpha value is -2.90. The van der Waals surface area contributed by atoms with Gasteiger partial charge in [0, 0.05) is 26.7 Å². The van der Waals surface area contributed by atoms with E-state index in [0.29, 0.717) is 0 Å². The minimum Gasteiger partial charge on any atom is -0.486 e. The maximum absolute atomic E-state index is 9.10. The van der Waals surface area contributed by atoms with Gasteiger partial charge in [-0.3, -0.25) is 4.90 Å². The van der Waals surface area contributed by atoms with Crippen LogP contribution in [0.15, 0.2) is 60.7 Å². The van der Waals surface area contributed by atoms with Gasteiger partial charge in [0.25, 0.3) is 0 Å². The number of methoxy groups -OCH3 is 1. The molecule has 2 aromatic rings. The molecule has 3 rings (SSSR count). The average molecular weight is 373 g/mol. The lowest BCUT2D eigenvalue weighted by Gasteiger charge is -2.18. The van der Waals surface area contributed by atoms with Crippen LogP contribution in [0.3, 0.4) is 0 Å². The van der Waals surface area contributed by atoms with Gasteiger partial charge in [-0.15, -0.1) is 0 Å². The van der Waals surface area contributed by atoms with Crippen molar-refractivity contribution >= 4 is 11.9 Å². The molecule has 1 saturated heterocycles. The number of para-hydroxylation sites is 1. The fraction of sp³-hybridized carbons (Fsp3) is 0.300. The van der Waals surface area contributed by atoms with Gasteiger partial charge >= 0.3 is 11.9 Å². The molecule has 1 heterocycles. The Bertz CT molecular complexity index is 710. The Morgan fingerprint density at radius 2 is 1.44 bits per heavy atom. The van der Waals surface area contributed by atoms with Gasteiger partial charge in [0.1, 0.15) is 18.0 Å². The molecule has 1 aliphatic rings. The molecule has 2 atom stereocenters. The van der Waals surface area contributed by atoms with Crippen LogP contribution in [-0.2, 0) is 20.9 Å². The van der Waals surface area contributed by atoms with Crippen molar-refractivity contribution in [3.63, 3.8) is 0 Å². The van der Waals surface area contributed by atoms with E-state index in [9.17, 15) is 0 Å². The number of rotatable bonds is 5. The zero-order valence-electron chi connectivity index (χ0n) is 15.0. The normalized spacial score (nSPS) is 19.0. The van der Waals surface area contributed by atoms with Crippen LogP contribution < -0.4 is 4.74 Å². The summed E-state index contributed by atoms with van der Waals surface area (Å²) in [7, 11) is 1.76. The molecule has 1 aliphatic heterocycles. The highest BCUT2D eigenvalue weighted by Crippen LogP contribution is 2.21. The van der Waals surface area contributed by atoms with Crippen LogP contribution in [0.25, 0.3) is 0 Å². The Kier molecular flexibility index (Phi) is 7.79. The molecular weight excluding hydrogens is 350 g/mol. The molecule has 7 nitrogen and oxygen atoms in total. The van der Waals surface area contributed by atoms with Gasteiger partial charge in [0.05, 0.1) is 0 Å². The molecule has 0 saturated carbocycles. The van der Waals surface area contributed by atoms with Crippen molar-refractivity contribution in [2.24, 2.45) is 0 Å². The lowest BCUT2D eigenvalue weighted by molar-refractivity contribution is -0.159. The van der Waals surface area contributed by atoms with Gasteiger partial charge in [-0.25, -0.2) is 9.59 Å². The highest BCUT2D eigenvalue weighted by atomic mass is 16.5. The minimum absolute atomic E-state index is 0.0844. The van der Waals surface area contributed by atoms with Gasteiger partial charge in [0.2, 0.25) is 0 Å². The van der Waals surface area contributed by atoms with Crippen LogP contribution in [-0.4, -0.2) is 59.5 Å². The van der Waals surface area contributed by atoms with Crippen LogP contribution in [0.2, 0.25) is 0 Å². The first-order valence-electron chi connectivity index (χ1n) is 8.46. The molecule has 0 aliphatic carbocycles. The molecule has 27 heavy (non-hydrogen) atoms. The second kappa shape index (κ2) is 10.3. The third-order valence-electron chi connectivity index (χ3n) is 4.06. The number of nitrogens with zero attached hydrogens (tertiary/aromatic N) is 1. The molecule has 2 aromatic carbocycles. The van der Waals surface area contributed by atoms with Crippen molar-refractivity contribution in [2.75, 3.05) is 20.2 Å². The number of carboxylic acid groups (broad SMARTS) is 2. The number of hydrogen-bond acceptors (Lipinski definition) is 5. The van der Waals surface area contributed by atoms with Crippen LogP contribution in [0.1, 0.15) is 5.56 Å². The van der Waals surface area contributed by atoms with E-state index in [1.807, 2.05) is 36.4 Å². The third kappa shape index (κ3) is 6.73. The first-order valence-corrected chi connectivity index (χ1v) is 8.46. The number of likely N-dealkylation sites (tertiary alicyclic amines) is 1. The predicted molar refractivity (Wildman–Crippen MR) is 98.6 cm³/mol. The fourth-order valence-corrected chi connectivity index (χ4v) is 2.80. The Morgan fingerprint density at radius 1 is 0.926 bits per heavy atom. The van der Waals surface area contributed by atoms with E-state index in [0.717, 1.165) is 25.4 Å². The number of hydrogen-bond donors (Lipinski definition) is 2. The van der Waals surface area contributed by atoms with E-state index in [-0.39, 0.29) is 12.2 Å². The maximum atomic E-state index is 9.10. The summed E-state index contributed by atoms with van der Waals surface area (Å²) in [5.74, 6) is -2.74. The number of aliphatic carboxylic acids is 2. The van der Waals surface area contributed by atoms with Crippen molar-refractivity contribution in [3.05, 3.63) is 66.2 Å². The monoisotopic (exact) mass is 373 g/mol. The van der Waals surface area contributed by atoms with E-state index >= 15 is 0 Å². The van der Waals surface area contributed by atoms with Crippen molar-refractivity contribution in [1.82, 2.24) is 4.90 Å². The zero-order valence-corrected chi connectivity index (χ0v) is 15.0. The van der Waals surface area contributed by atoms with Crippen LogP contribution >= 0.6 is 0 Å². The van der Waals surface area contributed by atoms with Crippen molar-refractivity contribution in [2.45, 2.75) is 18.8 Å².